The quantitative estimate of drug-likeness (QED) is 0.407. The highest BCUT2D eigenvalue weighted by molar-refractivity contribution is 7.89. The second-order valence-electron chi connectivity index (χ2n) is 8.90. The molecule has 1 aliphatic carbocycles. The van der Waals surface area contributed by atoms with Gasteiger partial charge in [0, 0.05) is 49.3 Å². The summed E-state index contributed by atoms with van der Waals surface area (Å²) in [6, 6.07) is 8.04. The van der Waals surface area contributed by atoms with Crippen LogP contribution in [-0.4, -0.2) is 54.6 Å². The van der Waals surface area contributed by atoms with E-state index in [9.17, 15) is 23.3 Å². The fourth-order valence-electron chi connectivity index (χ4n) is 4.86. The van der Waals surface area contributed by atoms with Crippen molar-refractivity contribution >= 4 is 32.6 Å². The lowest BCUT2D eigenvalue weighted by atomic mass is 10.0. The van der Waals surface area contributed by atoms with Crippen LogP contribution in [-0.2, 0) is 34.1 Å². The molecule has 0 bridgehead atoms. The number of nitro benzene ring substituents is 1. The van der Waals surface area contributed by atoms with Gasteiger partial charge in [-0.3, -0.25) is 14.9 Å². The number of nitrogens with zero attached hydrogens (tertiary/aromatic N) is 3. The van der Waals surface area contributed by atoms with Crippen LogP contribution in [0.15, 0.2) is 45.9 Å². The van der Waals surface area contributed by atoms with Crippen molar-refractivity contribution in [3.63, 3.8) is 0 Å². The molecule has 178 valence electrons. The second-order valence-corrected chi connectivity index (χ2v) is 10.8. The molecule has 0 saturated carbocycles. The van der Waals surface area contributed by atoms with E-state index in [1.807, 2.05) is 0 Å². The summed E-state index contributed by atoms with van der Waals surface area (Å²) in [4.78, 5) is 25.1. The van der Waals surface area contributed by atoms with Crippen molar-refractivity contribution in [1.29, 1.82) is 0 Å². The van der Waals surface area contributed by atoms with Crippen molar-refractivity contribution < 1.29 is 22.6 Å². The van der Waals surface area contributed by atoms with E-state index in [0.717, 1.165) is 41.9 Å². The number of non-ortho nitro benzene ring substituents is 1. The van der Waals surface area contributed by atoms with Gasteiger partial charge >= 0.3 is 0 Å². The molecule has 0 atom stereocenters. The SMILES string of the molecule is Cc1ccc([N+](=O)[O-])cc1S(=O)(=O)N1CCN(C(=O)Cc2coc3cc4c(cc23)CCC4)CC1. The van der Waals surface area contributed by atoms with E-state index >= 15 is 0 Å². The zero-order valence-electron chi connectivity index (χ0n) is 18.8. The number of aryl methyl sites for hydroxylation is 3. The largest absolute Gasteiger partial charge is 0.464 e. The highest BCUT2D eigenvalue weighted by atomic mass is 32.2. The summed E-state index contributed by atoms with van der Waals surface area (Å²) < 4.78 is 33.3. The standard InChI is InChI=1S/C24H25N3O6S/c1-16-5-6-20(27(29)30)14-23(16)34(31,32)26-9-7-25(8-10-26)24(28)13-19-15-33-22-12-18-4-2-3-17(18)11-21(19)22/h5-6,11-12,14-15H,2-4,7-10,13H2,1H3. The molecule has 1 aliphatic heterocycles. The number of carbonyl (C=O) groups is 1. The summed E-state index contributed by atoms with van der Waals surface area (Å²) in [5, 5.41) is 12.1. The lowest BCUT2D eigenvalue weighted by molar-refractivity contribution is -0.385. The number of fused-ring (bicyclic) bond motifs is 2. The number of carbonyl (C=O) groups excluding carboxylic acids is 1. The first-order chi connectivity index (χ1) is 16.2. The monoisotopic (exact) mass is 483 g/mol. The molecule has 1 fully saturated rings. The molecule has 0 N–H and O–H groups in total. The van der Waals surface area contributed by atoms with Gasteiger partial charge in [-0.25, -0.2) is 8.42 Å². The number of amides is 1. The highest BCUT2D eigenvalue weighted by Gasteiger charge is 2.32. The third-order valence-corrected chi connectivity index (χ3v) is 8.84. The first kappa shape index (κ1) is 22.5. The van der Waals surface area contributed by atoms with Crippen molar-refractivity contribution in [2.24, 2.45) is 0 Å². The number of sulfonamides is 1. The van der Waals surface area contributed by atoms with E-state index in [0.29, 0.717) is 5.56 Å². The Labute approximate surface area is 197 Å². The number of benzene rings is 2. The maximum Gasteiger partial charge on any atom is 0.270 e. The van der Waals surface area contributed by atoms with Gasteiger partial charge in [-0.05, 0) is 55.0 Å². The van der Waals surface area contributed by atoms with Gasteiger partial charge in [0.25, 0.3) is 5.69 Å². The Bertz CT molecular complexity index is 1400. The van der Waals surface area contributed by atoms with Crippen LogP contribution in [0.25, 0.3) is 11.0 Å². The summed E-state index contributed by atoms with van der Waals surface area (Å²) >= 11 is 0. The molecule has 10 heteroatoms. The van der Waals surface area contributed by atoms with Crippen LogP contribution >= 0.6 is 0 Å². The molecule has 0 radical (unpaired) electrons. The normalized spacial score (nSPS) is 16.7. The molecule has 1 amide bonds. The average molecular weight is 484 g/mol. The predicted octanol–water partition coefficient (Wildman–Crippen LogP) is 3.21. The maximum atomic E-state index is 13.1. The minimum Gasteiger partial charge on any atom is -0.464 e. The number of nitro groups is 1. The number of piperazine rings is 1. The van der Waals surface area contributed by atoms with Crippen molar-refractivity contribution in [1.82, 2.24) is 9.21 Å². The minimum atomic E-state index is -3.91. The van der Waals surface area contributed by atoms with Crippen LogP contribution in [0.2, 0.25) is 0 Å². The van der Waals surface area contributed by atoms with Gasteiger partial charge in [-0.2, -0.15) is 4.31 Å². The van der Waals surface area contributed by atoms with Crippen molar-refractivity contribution in [2.45, 2.75) is 37.5 Å². The smallest absolute Gasteiger partial charge is 0.270 e. The Balaban J connectivity index is 1.27. The molecule has 1 aromatic heterocycles. The van der Waals surface area contributed by atoms with Crippen LogP contribution in [0.4, 0.5) is 5.69 Å². The van der Waals surface area contributed by atoms with E-state index < -0.39 is 14.9 Å². The number of hydrogen-bond donors (Lipinski definition) is 0. The zero-order valence-corrected chi connectivity index (χ0v) is 19.6. The maximum absolute atomic E-state index is 13.1. The molecular formula is C24H25N3O6S. The highest BCUT2D eigenvalue weighted by Crippen LogP contribution is 2.31. The fourth-order valence-corrected chi connectivity index (χ4v) is 6.52. The summed E-state index contributed by atoms with van der Waals surface area (Å²) in [7, 11) is -3.91. The van der Waals surface area contributed by atoms with Gasteiger partial charge in [0.05, 0.1) is 22.5 Å². The summed E-state index contributed by atoms with van der Waals surface area (Å²) in [5.41, 5.74) is 4.45. The molecule has 5 rings (SSSR count). The second kappa shape index (κ2) is 8.52. The van der Waals surface area contributed by atoms with Gasteiger partial charge < -0.3 is 9.32 Å². The molecule has 3 aromatic rings. The van der Waals surface area contributed by atoms with Gasteiger partial charge in [-0.1, -0.05) is 6.07 Å². The lowest BCUT2D eigenvalue weighted by Crippen LogP contribution is -2.50. The van der Waals surface area contributed by atoms with Crippen LogP contribution in [0, 0.1) is 17.0 Å². The van der Waals surface area contributed by atoms with Crippen LogP contribution < -0.4 is 0 Å². The third kappa shape index (κ3) is 3.97. The Morgan fingerprint density at radius 3 is 2.50 bits per heavy atom. The van der Waals surface area contributed by atoms with E-state index in [4.69, 9.17) is 4.42 Å². The number of hydrogen-bond acceptors (Lipinski definition) is 6. The van der Waals surface area contributed by atoms with Crippen LogP contribution in [0.3, 0.4) is 0 Å². The van der Waals surface area contributed by atoms with Crippen molar-refractivity contribution in [2.75, 3.05) is 26.2 Å². The summed E-state index contributed by atoms with van der Waals surface area (Å²) in [6.45, 7) is 2.40. The van der Waals surface area contributed by atoms with E-state index in [1.54, 1.807) is 18.1 Å². The van der Waals surface area contributed by atoms with E-state index in [1.165, 1.54) is 27.6 Å². The molecule has 2 aromatic carbocycles. The van der Waals surface area contributed by atoms with Gasteiger partial charge in [0.1, 0.15) is 5.58 Å². The summed E-state index contributed by atoms with van der Waals surface area (Å²) in [5.74, 6) is -0.0771. The Hall–Kier alpha value is -3.24. The van der Waals surface area contributed by atoms with Gasteiger partial charge in [-0.15, -0.1) is 0 Å². The molecule has 34 heavy (non-hydrogen) atoms. The molecule has 9 nitrogen and oxygen atoms in total. The predicted molar refractivity (Wildman–Crippen MR) is 125 cm³/mol. The van der Waals surface area contributed by atoms with Gasteiger partial charge in [0.15, 0.2) is 0 Å². The van der Waals surface area contributed by atoms with E-state index in [2.05, 4.69) is 12.1 Å². The van der Waals surface area contributed by atoms with Crippen LogP contribution in [0.5, 0.6) is 0 Å². The average Bonchev–Trinajstić information content (AvgIpc) is 3.44. The van der Waals surface area contributed by atoms with Crippen molar-refractivity contribution in [3.05, 3.63) is 69.0 Å². The molecular weight excluding hydrogens is 458 g/mol. The number of rotatable bonds is 5. The first-order valence-electron chi connectivity index (χ1n) is 11.3. The first-order valence-corrected chi connectivity index (χ1v) is 12.7. The van der Waals surface area contributed by atoms with Gasteiger partial charge in [0.2, 0.25) is 15.9 Å². The molecule has 2 heterocycles. The zero-order chi connectivity index (χ0) is 24.0. The molecule has 0 spiro atoms. The topological polar surface area (TPSA) is 114 Å². The molecule has 0 unspecified atom stereocenters. The Kier molecular flexibility index (Phi) is 5.65. The Morgan fingerprint density at radius 2 is 1.79 bits per heavy atom. The molecule has 2 aliphatic rings. The van der Waals surface area contributed by atoms with Crippen molar-refractivity contribution in [3.8, 4) is 0 Å². The van der Waals surface area contributed by atoms with E-state index in [-0.39, 0.29) is 49.1 Å². The Morgan fingerprint density at radius 1 is 1.09 bits per heavy atom. The van der Waals surface area contributed by atoms with Crippen LogP contribution in [0.1, 0.15) is 28.7 Å². The third-order valence-electron chi connectivity index (χ3n) is 6.80. The molecule has 1 saturated heterocycles. The fraction of sp³-hybridized carbons (Fsp3) is 0.375. The summed E-state index contributed by atoms with van der Waals surface area (Å²) in [6.07, 6.45) is 5.08. The number of furan rings is 1. The lowest BCUT2D eigenvalue weighted by Gasteiger charge is -2.34. The minimum absolute atomic E-state index is 0.0705.